The lowest BCUT2D eigenvalue weighted by Gasteiger charge is -2.07. The smallest absolute Gasteiger partial charge is 0.264 e. The van der Waals surface area contributed by atoms with Crippen molar-refractivity contribution in [3.05, 3.63) is 26.8 Å². The molecule has 1 aromatic heterocycles. The molecule has 0 saturated carbocycles. The van der Waals surface area contributed by atoms with Gasteiger partial charge >= 0.3 is 0 Å². The summed E-state index contributed by atoms with van der Waals surface area (Å²) in [6.07, 6.45) is -2.80. The minimum Gasteiger partial charge on any atom is -0.392 e. The zero-order chi connectivity index (χ0) is 10.0. The summed E-state index contributed by atoms with van der Waals surface area (Å²) in [4.78, 5) is 3.31. The standard InChI is InChI=1S/C7H5F3INO/c8-5-1-3(6(9)10)4(2-13)7(11)12-5/h1,6,13H,2H2. The Labute approximate surface area is 85.9 Å². The number of halogens is 4. The molecule has 0 spiro atoms. The molecule has 1 rings (SSSR count). The Hall–Kier alpha value is -0.370. The van der Waals surface area contributed by atoms with Crippen molar-refractivity contribution < 1.29 is 18.3 Å². The number of nitrogens with zero attached hydrogens (tertiary/aromatic N) is 1. The van der Waals surface area contributed by atoms with Gasteiger partial charge in [0.15, 0.2) is 0 Å². The van der Waals surface area contributed by atoms with E-state index in [-0.39, 0.29) is 9.26 Å². The number of rotatable bonds is 2. The van der Waals surface area contributed by atoms with Crippen LogP contribution in [0.15, 0.2) is 6.07 Å². The second-order valence-corrected chi connectivity index (χ2v) is 3.28. The second-order valence-electron chi connectivity index (χ2n) is 2.26. The van der Waals surface area contributed by atoms with Crippen molar-refractivity contribution >= 4 is 22.6 Å². The van der Waals surface area contributed by atoms with E-state index >= 15 is 0 Å². The lowest BCUT2D eigenvalue weighted by molar-refractivity contribution is 0.146. The summed E-state index contributed by atoms with van der Waals surface area (Å²) in [6, 6.07) is 0.637. The Kier molecular flexibility index (Phi) is 3.48. The molecule has 72 valence electrons. The minimum atomic E-state index is -2.80. The minimum absolute atomic E-state index is 0.0167. The van der Waals surface area contributed by atoms with Crippen LogP contribution in [-0.2, 0) is 6.61 Å². The fourth-order valence-electron chi connectivity index (χ4n) is 0.879. The van der Waals surface area contributed by atoms with Crippen molar-refractivity contribution in [2.24, 2.45) is 0 Å². The summed E-state index contributed by atoms with van der Waals surface area (Å²) < 4.78 is 37.2. The van der Waals surface area contributed by atoms with Crippen molar-refractivity contribution in [2.75, 3.05) is 0 Å². The number of aliphatic hydroxyl groups is 1. The summed E-state index contributed by atoms with van der Waals surface area (Å²) in [7, 11) is 0. The van der Waals surface area contributed by atoms with Gasteiger partial charge in [-0.05, 0) is 22.6 Å². The first-order chi connectivity index (χ1) is 6.06. The Morgan fingerprint density at radius 3 is 2.62 bits per heavy atom. The molecule has 0 unspecified atom stereocenters. The van der Waals surface area contributed by atoms with Crippen LogP contribution < -0.4 is 0 Å². The van der Waals surface area contributed by atoms with Crippen LogP contribution in [-0.4, -0.2) is 10.1 Å². The molecule has 6 heteroatoms. The van der Waals surface area contributed by atoms with Crippen LogP contribution in [0.3, 0.4) is 0 Å². The largest absolute Gasteiger partial charge is 0.392 e. The number of aliphatic hydroxyl groups excluding tert-OH is 1. The van der Waals surface area contributed by atoms with Gasteiger partial charge in [0.25, 0.3) is 6.43 Å². The molecule has 0 aliphatic heterocycles. The summed E-state index contributed by atoms with van der Waals surface area (Å²) >= 11 is 1.60. The van der Waals surface area contributed by atoms with Gasteiger partial charge in [0, 0.05) is 17.2 Å². The highest BCUT2D eigenvalue weighted by Gasteiger charge is 2.17. The normalized spacial score (nSPS) is 10.9. The van der Waals surface area contributed by atoms with E-state index in [4.69, 9.17) is 5.11 Å². The van der Waals surface area contributed by atoms with Gasteiger partial charge in [-0.2, -0.15) is 4.39 Å². The highest BCUT2D eigenvalue weighted by Crippen LogP contribution is 2.26. The van der Waals surface area contributed by atoms with Crippen molar-refractivity contribution in [1.29, 1.82) is 0 Å². The van der Waals surface area contributed by atoms with E-state index in [0.29, 0.717) is 6.07 Å². The van der Waals surface area contributed by atoms with Gasteiger partial charge in [-0.15, -0.1) is 0 Å². The van der Waals surface area contributed by atoms with Crippen LogP contribution in [0.1, 0.15) is 17.6 Å². The van der Waals surface area contributed by atoms with E-state index in [1.807, 2.05) is 0 Å². The predicted octanol–water partition coefficient (Wildman–Crippen LogP) is 2.26. The molecule has 0 amide bonds. The van der Waals surface area contributed by atoms with E-state index in [1.54, 1.807) is 22.6 Å². The molecule has 0 atom stereocenters. The van der Waals surface area contributed by atoms with Crippen molar-refractivity contribution in [3.63, 3.8) is 0 Å². The highest BCUT2D eigenvalue weighted by molar-refractivity contribution is 14.1. The Balaban J connectivity index is 3.29. The van der Waals surface area contributed by atoms with Crippen molar-refractivity contribution in [3.8, 4) is 0 Å². The third kappa shape index (κ3) is 2.31. The van der Waals surface area contributed by atoms with Crippen molar-refractivity contribution in [1.82, 2.24) is 4.98 Å². The van der Waals surface area contributed by atoms with E-state index in [1.165, 1.54) is 0 Å². The molecule has 1 aromatic rings. The topological polar surface area (TPSA) is 33.1 Å². The van der Waals surface area contributed by atoms with Crippen LogP contribution in [0, 0.1) is 9.65 Å². The summed E-state index contributed by atoms with van der Waals surface area (Å²) in [5.41, 5.74) is -0.517. The van der Waals surface area contributed by atoms with Crippen LogP contribution in [0.4, 0.5) is 13.2 Å². The number of hydrogen-bond donors (Lipinski definition) is 1. The number of pyridine rings is 1. The quantitative estimate of drug-likeness (QED) is 0.671. The highest BCUT2D eigenvalue weighted by atomic mass is 127. The van der Waals surface area contributed by atoms with Crippen molar-refractivity contribution in [2.45, 2.75) is 13.0 Å². The van der Waals surface area contributed by atoms with Crippen LogP contribution in [0.5, 0.6) is 0 Å². The van der Waals surface area contributed by atoms with Gasteiger partial charge in [-0.25, -0.2) is 13.8 Å². The monoisotopic (exact) mass is 303 g/mol. The third-order valence-electron chi connectivity index (χ3n) is 1.47. The van der Waals surface area contributed by atoms with Crippen LogP contribution in [0.25, 0.3) is 0 Å². The van der Waals surface area contributed by atoms with Crippen LogP contribution in [0.2, 0.25) is 0 Å². The number of alkyl halides is 2. The number of hydrogen-bond acceptors (Lipinski definition) is 2. The van der Waals surface area contributed by atoms with E-state index in [9.17, 15) is 13.2 Å². The molecule has 1 N–H and O–H groups in total. The molecule has 13 heavy (non-hydrogen) atoms. The lowest BCUT2D eigenvalue weighted by atomic mass is 10.1. The van der Waals surface area contributed by atoms with Gasteiger partial charge in [0.2, 0.25) is 5.95 Å². The first-order valence-electron chi connectivity index (χ1n) is 3.30. The van der Waals surface area contributed by atoms with Gasteiger partial charge < -0.3 is 5.11 Å². The van der Waals surface area contributed by atoms with Gasteiger partial charge in [0.05, 0.1) is 6.61 Å². The first-order valence-corrected chi connectivity index (χ1v) is 4.38. The average molecular weight is 303 g/mol. The zero-order valence-electron chi connectivity index (χ0n) is 6.27. The van der Waals surface area contributed by atoms with Gasteiger partial charge in [0.1, 0.15) is 3.70 Å². The maximum Gasteiger partial charge on any atom is 0.264 e. The first kappa shape index (κ1) is 10.7. The maximum absolute atomic E-state index is 12.6. The molecule has 0 radical (unpaired) electrons. The van der Waals surface area contributed by atoms with E-state index in [0.717, 1.165) is 0 Å². The molecule has 0 bridgehead atoms. The number of aromatic nitrogens is 1. The second kappa shape index (κ2) is 4.23. The van der Waals surface area contributed by atoms with Gasteiger partial charge in [-0.1, -0.05) is 0 Å². The molecule has 0 aliphatic rings. The van der Waals surface area contributed by atoms with E-state index < -0.39 is 24.5 Å². The van der Waals surface area contributed by atoms with Gasteiger partial charge in [-0.3, -0.25) is 0 Å². The predicted molar refractivity (Wildman–Crippen MR) is 47.8 cm³/mol. The lowest BCUT2D eigenvalue weighted by Crippen LogP contribution is -2.02. The molecule has 0 aliphatic carbocycles. The fraction of sp³-hybridized carbons (Fsp3) is 0.286. The maximum atomic E-state index is 12.6. The Morgan fingerprint density at radius 2 is 2.15 bits per heavy atom. The summed E-state index contributed by atoms with van der Waals surface area (Å²) in [5.74, 6) is -0.961. The third-order valence-corrected chi connectivity index (χ3v) is 2.36. The fourth-order valence-corrected chi connectivity index (χ4v) is 1.59. The molecule has 1 heterocycles. The average Bonchev–Trinajstić information content (AvgIpc) is 2.02. The molecule has 0 aromatic carbocycles. The Bertz CT molecular complexity index is 319. The SMILES string of the molecule is OCc1c(C(F)F)cc(F)nc1I. The zero-order valence-corrected chi connectivity index (χ0v) is 8.43. The molecular formula is C7H5F3INO. The molecule has 0 fully saturated rings. The molecule has 0 saturated heterocycles. The molecule has 2 nitrogen and oxygen atoms in total. The van der Waals surface area contributed by atoms with E-state index in [2.05, 4.69) is 4.98 Å². The summed E-state index contributed by atoms with van der Waals surface area (Å²) in [5, 5.41) is 8.74. The summed E-state index contributed by atoms with van der Waals surface area (Å²) in [6.45, 7) is -0.564. The Morgan fingerprint density at radius 1 is 1.54 bits per heavy atom. The van der Waals surface area contributed by atoms with Crippen LogP contribution >= 0.6 is 22.6 Å². The molecular weight excluding hydrogens is 298 g/mol.